The third-order valence-corrected chi connectivity index (χ3v) is 15.3. The fourth-order valence-corrected chi connectivity index (χ4v) is 10.5. The van der Waals surface area contributed by atoms with E-state index >= 15 is 0 Å². The number of likely N-dealkylation sites (tertiary alicyclic amines) is 1. The first-order valence-electron chi connectivity index (χ1n) is 33.6. The molecule has 0 aliphatic carbocycles. The molecular formula is C75H99N7O22. The molecule has 9 amide bonds. The van der Waals surface area contributed by atoms with Crippen molar-refractivity contribution < 1.29 is 105 Å². The number of carbonyl (C=O) groups excluding carboxylic acids is 14. The number of alkyl carbamates (subject to hydrolysis) is 2. The number of imide groups is 2. The van der Waals surface area contributed by atoms with Gasteiger partial charge in [0.1, 0.15) is 54.6 Å². The molecule has 3 saturated heterocycles. The Morgan fingerprint density at radius 1 is 0.462 bits per heavy atom. The molecule has 0 saturated carbocycles. The van der Waals surface area contributed by atoms with Crippen LogP contribution >= 0.6 is 0 Å². The minimum atomic E-state index is -2.48. The summed E-state index contributed by atoms with van der Waals surface area (Å²) in [5, 5.41) is 4.84. The number of ketones is 2. The van der Waals surface area contributed by atoms with Gasteiger partial charge in [0.2, 0.25) is 16.6 Å². The first-order valence-corrected chi connectivity index (χ1v) is 33.6. The van der Waals surface area contributed by atoms with Gasteiger partial charge in [-0.3, -0.25) is 48.5 Å². The van der Waals surface area contributed by atoms with Crippen LogP contribution in [0.1, 0.15) is 153 Å². The lowest BCUT2D eigenvalue weighted by Crippen LogP contribution is -2.75. The van der Waals surface area contributed by atoms with Gasteiger partial charge in [0.05, 0.1) is 13.1 Å². The molecule has 3 aliphatic heterocycles. The van der Waals surface area contributed by atoms with Crippen molar-refractivity contribution in [2.45, 2.75) is 175 Å². The Kier molecular flexibility index (Phi) is 30.4. The maximum Gasteiger partial charge on any atom is 0.411 e. The van der Waals surface area contributed by atoms with Crippen LogP contribution in [0.4, 0.5) is 24.0 Å². The highest BCUT2D eigenvalue weighted by molar-refractivity contribution is 6.19. The summed E-state index contributed by atoms with van der Waals surface area (Å²) in [4.78, 5) is 188. The second-order valence-corrected chi connectivity index (χ2v) is 28.4. The number of hydrogen-bond acceptors (Lipinski definition) is 22. The molecule has 6 rings (SSSR count). The number of benzene rings is 3. The molecule has 3 atom stereocenters. The minimum Gasteiger partial charge on any atom is -0.459 e. The summed E-state index contributed by atoms with van der Waals surface area (Å²) in [5.41, 5.74) is -7.25. The number of nitrogens with zero attached hydrogens (tertiary/aromatic N) is 5. The van der Waals surface area contributed by atoms with E-state index < -0.39 is 130 Å². The smallest absolute Gasteiger partial charge is 0.411 e. The standard InChI is InChI=1S/C30H35N3O8.C25H32N2O7.C20H32N2O7/c1-6-18-39-26(36)30(20-31-27(37)40-19-22-10-8-7-9-11-22)25(35)32(24(34)23-14-12-21(2)13-15-23)16-17-33(30)28(38)41-29(3,4)5;1-7-16-33-22(31)25(13-12-18(3)28)21(30)26(20(29)19-10-8-17(2)9-11-19)14-15-27(25)23(32)34-24(4,5)6;1-8-12-27-15(24)20(13-21-16(25)28-18(2,3)4)14(23)10-9-11-22(20)17(26)29-19(5,6)7/h6-15H,1,16-20H2,2-5H3,(H,31,37);7-11H,1,12-16H2,2-6H3;8H,1,9-13H2,2-7H3,(H,21,25). The molecule has 0 spiro atoms. The zero-order chi connectivity index (χ0) is 78.3. The fourth-order valence-electron chi connectivity index (χ4n) is 10.5. The van der Waals surface area contributed by atoms with E-state index in [0.29, 0.717) is 12.0 Å². The second kappa shape index (κ2) is 36.9. The molecule has 3 aliphatic rings. The number of Topliss-reactive ketones (excluding diaryl/α,β-unsaturated/α-hetero) is 2. The van der Waals surface area contributed by atoms with Crippen LogP contribution in [-0.2, 0) is 78.1 Å². The molecule has 104 heavy (non-hydrogen) atoms. The van der Waals surface area contributed by atoms with E-state index in [-0.39, 0.29) is 95.3 Å². The average Bonchev–Trinajstić information content (AvgIpc) is 0.735. The number of hydrogen-bond donors (Lipinski definition) is 2. The van der Waals surface area contributed by atoms with E-state index in [1.54, 1.807) is 156 Å². The molecular weight excluding hydrogens is 1350 g/mol. The van der Waals surface area contributed by atoms with Gasteiger partial charge in [-0.25, -0.2) is 38.4 Å². The third-order valence-electron chi connectivity index (χ3n) is 15.3. The van der Waals surface area contributed by atoms with Crippen LogP contribution < -0.4 is 10.6 Å². The van der Waals surface area contributed by atoms with Crippen LogP contribution in [0.3, 0.4) is 0 Å². The summed E-state index contributed by atoms with van der Waals surface area (Å²) in [6.07, 6.45) is -0.714. The molecule has 3 heterocycles. The Hall–Kier alpha value is -10.7. The van der Waals surface area contributed by atoms with Crippen molar-refractivity contribution in [3.63, 3.8) is 0 Å². The summed E-state index contributed by atoms with van der Waals surface area (Å²) in [7, 11) is 0. The van der Waals surface area contributed by atoms with E-state index in [2.05, 4.69) is 30.4 Å². The molecule has 0 aromatic heterocycles. The number of carbonyl (C=O) groups is 14. The van der Waals surface area contributed by atoms with Gasteiger partial charge in [0.15, 0.2) is 5.78 Å². The summed E-state index contributed by atoms with van der Waals surface area (Å²) >= 11 is 0. The topological polar surface area (TPSA) is 353 Å². The van der Waals surface area contributed by atoms with Gasteiger partial charge in [-0.15, -0.1) is 0 Å². The van der Waals surface area contributed by atoms with Crippen LogP contribution in [0.25, 0.3) is 0 Å². The van der Waals surface area contributed by atoms with E-state index in [4.69, 9.17) is 37.9 Å². The maximum absolute atomic E-state index is 14.1. The number of piperidine rings is 1. The summed E-state index contributed by atoms with van der Waals surface area (Å²) in [5.74, 6) is -7.30. The van der Waals surface area contributed by atoms with Crippen molar-refractivity contribution in [2.75, 3.05) is 65.6 Å². The highest BCUT2D eigenvalue weighted by Gasteiger charge is 2.63. The number of rotatable bonds is 20. The number of esters is 3. The van der Waals surface area contributed by atoms with Crippen molar-refractivity contribution in [3.8, 4) is 0 Å². The van der Waals surface area contributed by atoms with E-state index in [1.165, 1.54) is 25.2 Å². The normalized spacial score (nSPS) is 18.2. The van der Waals surface area contributed by atoms with Crippen LogP contribution in [0.15, 0.2) is 117 Å². The average molecular weight is 1450 g/mol. The Balaban J connectivity index is 0.000000336. The van der Waals surface area contributed by atoms with Gasteiger partial charge in [0.25, 0.3) is 23.6 Å². The number of aryl methyl sites for hydroxylation is 2. The molecule has 3 aromatic rings. The van der Waals surface area contributed by atoms with Crippen LogP contribution in [0.2, 0.25) is 0 Å². The van der Waals surface area contributed by atoms with Gasteiger partial charge < -0.3 is 53.3 Å². The van der Waals surface area contributed by atoms with Gasteiger partial charge in [-0.2, -0.15) is 0 Å². The lowest BCUT2D eigenvalue weighted by molar-refractivity contribution is -0.171. The molecule has 3 aromatic carbocycles. The summed E-state index contributed by atoms with van der Waals surface area (Å²) in [6, 6.07) is 22.0. The van der Waals surface area contributed by atoms with Crippen molar-refractivity contribution in [1.82, 2.24) is 35.1 Å². The molecule has 0 bridgehead atoms. The van der Waals surface area contributed by atoms with E-state index in [0.717, 1.165) is 35.6 Å². The number of nitrogens with one attached hydrogen (secondary N) is 2. The second-order valence-electron chi connectivity index (χ2n) is 28.4. The number of piperazine rings is 2. The van der Waals surface area contributed by atoms with Gasteiger partial charge in [-0.05, 0) is 147 Å². The molecule has 3 unspecified atom stereocenters. The van der Waals surface area contributed by atoms with Crippen LogP contribution in [0, 0.1) is 13.8 Å². The highest BCUT2D eigenvalue weighted by Crippen LogP contribution is 2.35. The largest absolute Gasteiger partial charge is 0.459 e. The van der Waals surface area contributed by atoms with E-state index in [9.17, 15) is 67.1 Å². The lowest BCUT2D eigenvalue weighted by atomic mass is 9.85. The minimum absolute atomic E-state index is 0.0541. The molecule has 3 fully saturated rings. The molecule has 2 N–H and O–H groups in total. The predicted molar refractivity (Wildman–Crippen MR) is 378 cm³/mol. The Morgan fingerprint density at radius 2 is 0.827 bits per heavy atom. The van der Waals surface area contributed by atoms with Crippen molar-refractivity contribution >= 4 is 83.6 Å². The molecule has 29 nitrogen and oxygen atoms in total. The Bertz CT molecular complexity index is 3660. The van der Waals surface area contributed by atoms with Crippen LogP contribution in [-0.4, -0.2) is 213 Å². The fraction of sp³-hybridized carbons (Fsp3) is 0.493. The zero-order valence-electron chi connectivity index (χ0n) is 62.2. The third kappa shape index (κ3) is 23.4. The SMILES string of the molecule is C=CCOC(=O)C1(CCC(C)=O)C(=O)N(C(=O)c2ccc(C)cc2)CCN1C(=O)OC(C)(C)C.C=CCOC(=O)C1(CNC(=O)OC(C)(C)C)C(=O)CCCN1C(=O)OC(C)(C)C.C=CCOC(=O)C1(CNC(=O)OCc2ccccc2)C(=O)N(C(=O)c2ccc(C)cc2)CCN1C(=O)OC(C)(C)C. The first-order chi connectivity index (χ1) is 48.4. The quantitative estimate of drug-likeness (QED) is 0.0350. The summed E-state index contributed by atoms with van der Waals surface area (Å²) < 4.78 is 42.4. The Morgan fingerprint density at radius 3 is 1.23 bits per heavy atom. The highest BCUT2D eigenvalue weighted by atomic mass is 16.6. The monoisotopic (exact) mass is 1450 g/mol. The van der Waals surface area contributed by atoms with Gasteiger partial charge in [0, 0.05) is 56.7 Å². The Labute approximate surface area is 606 Å². The summed E-state index contributed by atoms with van der Waals surface area (Å²) in [6.45, 7) is 32.7. The number of ether oxygens (including phenoxy) is 8. The predicted octanol–water partition coefficient (Wildman–Crippen LogP) is 9.24. The molecule has 0 radical (unpaired) electrons. The van der Waals surface area contributed by atoms with Crippen molar-refractivity contribution in [3.05, 3.63) is 145 Å². The zero-order valence-corrected chi connectivity index (χ0v) is 62.2. The van der Waals surface area contributed by atoms with E-state index in [1.807, 2.05) is 19.9 Å². The molecule has 566 valence electrons. The molecule has 29 heteroatoms. The first kappa shape index (κ1) is 85.7. The van der Waals surface area contributed by atoms with Crippen LogP contribution in [0.5, 0.6) is 0 Å². The lowest BCUT2D eigenvalue weighted by Gasteiger charge is -2.46. The van der Waals surface area contributed by atoms with Crippen molar-refractivity contribution in [2.24, 2.45) is 0 Å². The van der Waals surface area contributed by atoms with Crippen molar-refractivity contribution in [1.29, 1.82) is 0 Å². The number of amides is 9. The maximum atomic E-state index is 14.1. The van der Waals surface area contributed by atoms with Gasteiger partial charge in [-0.1, -0.05) is 104 Å². The van der Waals surface area contributed by atoms with Gasteiger partial charge >= 0.3 is 48.4 Å².